The lowest BCUT2D eigenvalue weighted by molar-refractivity contribution is -0.274. The molecule has 1 amide bonds. The van der Waals surface area contributed by atoms with Crippen LogP contribution in [-0.2, 0) is 10.0 Å². The summed E-state index contributed by atoms with van der Waals surface area (Å²) in [6.45, 7) is -0.358. The Hall–Kier alpha value is -3.59. The Morgan fingerprint density at radius 3 is 2.37 bits per heavy atom. The number of aromatic nitrogens is 1. The van der Waals surface area contributed by atoms with E-state index in [1.165, 1.54) is 34.0 Å². The number of anilines is 2. The van der Waals surface area contributed by atoms with Crippen LogP contribution in [0.4, 0.5) is 37.7 Å². The molecule has 15 heteroatoms. The first-order valence-corrected chi connectivity index (χ1v) is 12.6. The molecule has 8 nitrogen and oxygen atoms in total. The number of benzene rings is 2. The normalized spacial score (nSPS) is 16.6. The lowest BCUT2D eigenvalue weighted by Gasteiger charge is -2.25. The van der Waals surface area contributed by atoms with Crippen LogP contribution in [-0.4, -0.2) is 55.2 Å². The summed E-state index contributed by atoms with van der Waals surface area (Å²) in [7, 11) is -5.55. The number of carbonyl (C=O) groups is 1. The molecular weight excluding hydrogens is 542 g/mol. The van der Waals surface area contributed by atoms with Crippen molar-refractivity contribution in [2.24, 2.45) is 0 Å². The van der Waals surface area contributed by atoms with Gasteiger partial charge in [0.2, 0.25) is 0 Å². The number of hydrogen-bond acceptors (Lipinski definition) is 6. The van der Waals surface area contributed by atoms with E-state index in [9.17, 15) is 39.6 Å². The summed E-state index contributed by atoms with van der Waals surface area (Å²) < 4.78 is 103. The Labute approximate surface area is 212 Å². The minimum atomic E-state index is -5.55. The van der Waals surface area contributed by atoms with Crippen LogP contribution in [0.3, 0.4) is 0 Å². The first-order valence-electron chi connectivity index (χ1n) is 11.1. The molecule has 1 aliphatic rings. The lowest BCUT2D eigenvalue weighted by Crippen LogP contribution is -2.46. The Bertz CT molecular complexity index is 1430. The number of likely N-dealkylation sites (tertiary alicyclic amines) is 1. The molecule has 0 spiro atoms. The second kappa shape index (κ2) is 10.3. The molecule has 1 aromatic heterocycles. The summed E-state index contributed by atoms with van der Waals surface area (Å²) in [6.07, 6.45) is -2.62. The topological polar surface area (TPSA) is 101 Å². The highest BCUT2D eigenvalue weighted by Crippen LogP contribution is 2.29. The van der Waals surface area contributed by atoms with Crippen LogP contribution >= 0.6 is 0 Å². The van der Waals surface area contributed by atoms with Crippen LogP contribution in [0.1, 0.15) is 23.2 Å². The molecule has 2 N–H and O–H groups in total. The Balaban J connectivity index is 1.54. The van der Waals surface area contributed by atoms with Crippen molar-refractivity contribution in [3.63, 3.8) is 0 Å². The Morgan fingerprint density at radius 2 is 1.71 bits per heavy atom. The number of halogens is 6. The number of alkyl halides is 6. The first-order chi connectivity index (χ1) is 17.7. The van der Waals surface area contributed by atoms with E-state index in [1.54, 1.807) is 18.2 Å². The number of nitrogens with zero attached hydrogens (tertiary/aromatic N) is 2. The van der Waals surface area contributed by atoms with Crippen LogP contribution in [0.2, 0.25) is 0 Å². The molecule has 4 rings (SSSR count). The van der Waals surface area contributed by atoms with Gasteiger partial charge in [-0.1, -0.05) is 0 Å². The highest BCUT2D eigenvalue weighted by Gasteiger charge is 2.46. The highest BCUT2D eigenvalue weighted by molar-refractivity contribution is 7.90. The zero-order valence-electron chi connectivity index (χ0n) is 19.3. The number of ether oxygens (including phenoxy) is 1. The lowest BCUT2D eigenvalue weighted by atomic mass is 10.1. The van der Waals surface area contributed by atoms with Crippen LogP contribution in [0.15, 0.2) is 54.7 Å². The second-order valence-corrected chi connectivity index (χ2v) is 10.1. The average Bonchev–Trinajstić information content (AvgIpc) is 3.30. The first kappa shape index (κ1) is 27.4. The minimum absolute atomic E-state index is 0.207. The van der Waals surface area contributed by atoms with Gasteiger partial charge in [0.25, 0.3) is 5.91 Å². The molecule has 2 aromatic carbocycles. The van der Waals surface area contributed by atoms with E-state index in [0.29, 0.717) is 35.1 Å². The largest absolute Gasteiger partial charge is 0.573 e. The fraction of sp³-hybridized carbons (Fsp3) is 0.304. The smallest absolute Gasteiger partial charge is 0.406 e. The van der Waals surface area contributed by atoms with Gasteiger partial charge in [-0.15, -0.1) is 13.2 Å². The highest BCUT2D eigenvalue weighted by atomic mass is 32.2. The van der Waals surface area contributed by atoms with Crippen LogP contribution < -0.4 is 14.8 Å². The minimum Gasteiger partial charge on any atom is -0.406 e. The number of carbonyl (C=O) groups excluding carboxylic acids is 1. The van der Waals surface area contributed by atoms with E-state index in [4.69, 9.17) is 0 Å². The van der Waals surface area contributed by atoms with Gasteiger partial charge >= 0.3 is 21.9 Å². The van der Waals surface area contributed by atoms with Gasteiger partial charge in [-0.05, 0) is 61.4 Å². The van der Waals surface area contributed by atoms with E-state index in [2.05, 4.69) is 15.0 Å². The van der Waals surface area contributed by atoms with Crippen molar-refractivity contribution >= 4 is 38.2 Å². The molecule has 1 aliphatic heterocycles. The molecule has 0 bridgehead atoms. The average molecular weight is 562 g/mol. The van der Waals surface area contributed by atoms with Gasteiger partial charge in [0.05, 0.1) is 11.1 Å². The molecule has 1 fully saturated rings. The number of hydrogen-bond donors (Lipinski definition) is 2. The summed E-state index contributed by atoms with van der Waals surface area (Å²) >= 11 is 0. The van der Waals surface area contributed by atoms with E-state index < -0.39 is 46.1 Å². The number of amides is 1. The number of fused-ring (bicyclic) bond motifs is 1. The van der Waals surface area contributed by atoms with Crippen molar-refractivity contribution in [2.75, 3.05) is 18.4 Å². The number of nitrogens with one attached hydrogen (secondary N) is 2. The number of pyridine rings is 1. The SMILES string of the molecule is O=C(c1ccnc2ccc(Nc3ccc(OC(F)(F)F)cc3)cc12)N1CCC[C@H]1CNS(=O)(=O)C(F)(F)F. The third-order valence-corrected chi connectivity index (χ3v) is 6.96. The van der Waals surface area contributed by atoms with Gasteiger partial charge in [0, 0.05) is 42.1 Å². The van der Waals surface area contributed by atoms with E-state index in [0.717, 1.165) is 12.1 Å². The summed E-state index contributed by atoms with van der Waals surface area (Å²) in [4.78, 5) is 18.9. The zero-order valence-corrected chi connectivity index (χ0v) is 20.1. The second-order valence-electron chi connectivity index (χ2n) is 8.38. The molecule has 0 aliphatic carbocycles. The van der Waals surface area contributed by atoms with Gasteiger partial charge in [-0.3, -0.25) is 9.78 Å². The van der Waals surface area contributed by atoms with Gasteiger partial charge in [0.1, 0.15) is 5.75 Å². The molecule has 0 radical (unpaired) electrons. The van der Waals surface area contributed by atoms with Crippen LogP contribution in [0.5, 0.6) is 5.75 Å². The molecule has 0 saturated carbocycles. The maximum atomic E-state index is 13.4. The monoisotopic (exact) mass is 562 g/mol. The molecular formula is C23H20F6N4O4S. The summed E-state index contributed by atoms with van der Waals surface area (Å²) in [5, 5.41) is 3.43. The van der Waals surface area contributed by atoms with Gasteiger partial charge in [-0.2, -0.15) is 13.2 Å². The van der Waals surface area contributed by atoms with E-state index >= 15 is 0 Å². The maximum absolute atomic E-state index is 13.4. The predicted molar refractivity (Wildman–Crippen MR) is 125 cm³/mol. The summed E-state index contributed by atoms with van der Waals surface area (Å²) in [5.41, 5.74) is -3.88. The zero-order chi connectivity index (χ0) is 27.7. The van der Waals surface area contributed by atoms with Crippen molar-refractivity contribution in [1.82, 2.24) is 14.6 Å². The number of rotatable bonds is 7. The third-order valence-electron chi connectivity index (χ3n) is 5.80. The van der Waals surface area contributed by atoms with Crippen molar-refractivity contribution < 1.29 is 44.3 Å². The Morgan fingerprint density at radius 1 is 1.03 bits per heavy atom. The molecule has 0 unspecified atom stereocenters. The fourth-order valence-corrected chi connectivity index (χ4v) is 4.65. The van der Waals surface area contributed by atoms with Crippen LogP contribution in [0, 0.1) is 0 Å². The van der Waals surface area contributed by atoms with E-state index in [-0.39, 0.29) is 12.1 Å². The molecule has 2 heterocycles. The molecule has 1 saturated heterocycles. The Kier molecular flexibility index (Phi) is 7.43. The van der Waals surface area contributed by atoms with Crippen molar-refractivity contribution in [2.45, 2.75) is 30.8 Å². The van der Waals surface area contributed by atoms with Crippen molar-refractivity contribution in [3.05, 3.63) is 60.3 Å². The molecule has 204 valence electrons. The van der Waals surface area contributed by atoms with E-state index in [1.807, 2.05) is 0 Å². The molecule has 1 atom stereocenters. The molecule has 3 aromatic rings. The summed E-state index contributed by atoms with van der Waals surface area (Å²) in [6, 6.07) is 10.6. The standard InChI is InChI=1S/C23H20F6N4O4S/c24-22(25,26)37-17-6-3-14(4-7-17)32-15-5-8-20-19(12-15)18(9-10-30-20)21(34)33-11-1-2-16(33)13-31-38(35,36)23(27,28)29/h3-10,12,16,31-32H,1-2,11,13H2/t16-/m0/s1. The number of sulfonamides is 1. The predicted octanol–water partition coefficient (Wildman–Crippen LogP) is 4.92. The van der Waals surface area contributed by atoms with Gasteiger partial charge < -0.3 is 15.0 Å². The van der Waals surface area contributed by atoms with Gasteiger partial charge in [-0.25, -0.2) is 13.1 Å². The summed E-state index contributed by atoms with van der Waals surface area (Å²) in [5.74, 6) is -0.895. The van der Waals surface area contributed by atoms with Crippen molar-refractivity contribution in [1.29, 1.82) is 0 Å². The van der Waals surface area contributed by atoms with Gasteiger partial charge in [0.15, 0.2) is 0 Å². The maximum Gasteiger partial charge on any atom is 0.573 e. The van der Waals surface area contributed by atoms with Crippen molar-refractivity contribution in [3.8, 4) is 5.75 Å². The fourth-order valence-electron chi connectivity index (χ4n) is 4.07. The molecule has 38 heavy (non-hydrogen) atoms. The van der Waals surface area contributed by atoms with Crippen LogP contribution in [0.25, 0.3) is 10.9 Å². The quantitative estimate of drug-likeness (QED) is 0.397. The third kappa shape index (κ3) is 6.27.